The maximum atomic E-state index is 14.2. The molecule has 2 aromatic carbocycles. The monoisotopic (exact) mass is 438 g/mol. The summed E-state index contributed by atoms with van der Waals surface area (Å²) in [5.74, 6) is -2.80. The summed E-state index contributed by atoms with van der Waals surface area (Å²) >= 11 is 0. The molecule has 0 fully saturated rings. The Hall–Kier alpha value is -3.27. The van der Waals surface area contributed by atoms with E-state index in [1.54, 1.807) is 20.8 Å². The Morgan fingerprint density at radius 2 is 1.87 bits per heavy atom. The maximum Gasteiger partial charge on any atom is 0.387 e. The number of aromatic amines is 1. The predicted molar refractivity (Wildman–Crippen MR) is 106 cm³/mol. The molecule has 31 heavy (non-hydrogen) atoms. The zero-order chi connectivity index (χ0) is 23.1. The molecule has 10 heteroatoms. The van der Waals surface area contributed by atoms with Crippen molar-refractivity contribution in [1.82, 2.24) is 9.55 Å². The van der Waals surface area contributed by atoms with Crippen LogP contribution in [0.3, 0.4) is 0 Å². The molecule has 0 spiro atoms. The predicted octanol–water partition coefficient (Wildman–Crippen LogP) is 3.93. The van der Waals surface area contributed by atoms with Gasteiger partial charge in [-0.2, -0.15) is 8.78 Å². The first-order valence-electron chi connectivity index (χ1n) is 9.32. The lowest BCUT2D eigenvalue weighted by molar-refractivity contribution is -0.0504. The Morgan fingerprint density at radius 1 is 1.19 bits per heavy atom. The second-order valence-corrected chi connectivity index (χ2v) is 7.68. The third kappa shape index (κ3) is 4.58. The average molecular weight is 438 g/mol. The number of benzene rings is 2. The second-order valence-electron chi connectivity index (χ2n) is 7.68. The molecule has 3 aromatic rings. The van der Waals surface area contributed by atoms with Gasteiger partial charge >= 0.3 is 18.3 Å². The average Bonchev–Trinajstić information content (AvgIpc) is 2.98. The summed E-state index contributed by atoms with van der Waals surface area (Å²) in [5.41, 5.74) is -0.863. The number of aliphatic hydroxyl groups is 1. The van der Waals surface area contributed by atoms with E-state index in [4.69, 9.17) is 4.74 Å². The molecule has 0 bridgehead atoms. The molecule has 1 unspecified atom stereocenters. The van der Waals surface area contributed by atoms with E-state index in [0.717, 1.165) is 12.1 Å². The minimum absolute atomic E-state index is 0.0144. The first-order chi connectivity index (χ1) is 14.4. The number of carbonyl (C=O) groups is 1. The third-order valence-corrected chi connectivity index (χ3v) is 5.01. The van der Waals surface area contributed by atoms with Crippen molar-refractivity contribution < 1.29 is 32.5 Å². The van der Waals surface area contributed by atoms with Crippen molar-refractivity contribution in [2.45, 2.75) is 45.9 Å². The van der Waals surface area contributed by atoms with Crippen LogP contribution in [0.5, 0.6) is 11.5 Å². The summed E-state index contributed by atoms with van der Waals surface area (Å²) in [5, 5.41) is 10.3. The van der Waals surface area contributed by atoms with E-state index >= 15 is 0 Å². The molecule has 166 valence electrons. The zero-order valence-corrected chi connectivity index (χ0v) is 17.2. The molecule has 1 heterocycles. The number of rotatable bonds is 6. The summed E-state index contributed by atoms with van der Waals surface area (Å²) in [7, 11) is 0. The van der Waals surface area contributed by atoms with Crippen molar-refractivity contribution in [1.29, 1.82) is 0 Å². The molecule has 0 radical (unpaired) electrons. The van der Waals surface area contributed by atoms with E-state index in [2.05, 4.69) is 9.72 Å². The van der Waals surface area contributed by atoms with Gasteiger partial charge in [-0.25, -0.2) is 14.0 Å². The number of hydrogen-bond acceptors (Lipinski definition) is 5. The first kappa shape index (κ1) is 22.4. The van der Waals surface area contributed by atoms with Gasteiger partial charge < -0.3 is 19.6 Å². The van der Waals surface area contributed by atoms with Gasteiger partial charge in [-0.05, 0) is 57.5 Å². The summed E-state index contributed by atoms with van der Waals surface area (Å²) < 4.78 is 49.9. The number of esters is 1. The summed E-state index contributed by atoms with van der Waals surface area (Å²) in [6, 6.07) is 5.35. The van der Waals surface area contributed by atoms with Gasteiger partial charge in [0.1, 0.15) is 5.75 Å². The van der Waals surface area contributed by atoms with E-state index < -0.39 is 41.5 Å². The number of aromatic nitrogens is 2. The van der Waals surface area contributed by atoms with E-state index in [0.29, 0.717) is 11.0 Å². The molecular weight excluding hydrogens is 417 g/mol. The van der Waals surface area contributed by atoms with Crippen molar-refractivity contribution in [3.63, 3.8) is 0 Å². The number of nitrogens with one attached hydrogen (secondary N) is 1. The number of carbonyl (C=O) groups excluding carboxylic acids is 1. The van der Waals surface area contributed by atoms with Crippen LogP contribution in [0.25, 0.3) is 11.0 Å². The molecule has 0 aliphatic rings. The van der Waals surface area contributed by atoms with Gasteiger partial charge in [-0.15, -0.1) is 0 Å². The molecule has 1 aromatic heterocycles. The van der Waals surface area contributed by atoms with Crippen LogP contribution in [-0.2, 0) is 0 Å². The van der Waals surface area contributed by atoms with Crippen LogP contribution in [0, 0.1) is 12.7 Å². The highest BCUT2D eigenvalue weighted by molar-refractivity contribution is 5.95. The molecule has 7 nitrogen and oxygen atoms in total. The lowest BCUT2D eigenvalue weighted by Crippen LogP contribution is -2.35. The van der Waals surface area contributed by atoms with E-state index in [1.165, 1.54) is 29.7 Å². The van der Waals surface area contributed by atoms with E-state index in [1.807, 2.05) is 0 Å². The molecule has 0 saturated heterocycles. The Balaban J connectivity index is 1.98. The van der Waals surface area contributed by atoms with E-state index in [-0.39, 0.29) is 16.9 Å². The third-order valence-electron chi connectivity index (χ3n) is 5.01. The summed E-state index contributed by atoms with van der Waals surface area (Å²) in [6.45, 7) is 2.97. The number of imidazole rings is 1. The fourth-order valence-corrected chi connectivity index (χ4v) is 3.04. The highest BCUT2D eigenvalue weighted by atomic mass is 19.3. The normalized spacial score (nSPS) is 12.9. The van der Waals surface area contributed by atoms with Gasteiger partial charge in [0.05, 0.1) is 28.2 Å². The fraction of sp³-hybridized carbons (Fsp3) is 0.333. The molecule has 0 saturated carbocycles. The van der Waals surface area contributed by atoms with Crippen molar-refractivity contribution in [3.05, 3.63) is 57.8 Å². The Labute approximate surface area is 175 Å². The second kappa shape index (κ2) is 8.10. The molecule has 3 rings (SSSR count). The van der Waals surface area contributed by atoms with Gasteiger partial charge in [0.15, 0.2) is 11.6 Å². The first-order valence-corrected chi connectivity index (χ1v) is 9.32. The molecule has 0 aliphatic carbocycles. The number of ether oxygens (including phenoxy) is 2. The molecular formula is C21H21F3N2O5. The highest BCUT2D eigenvalue weighted by Gasteiger charge is 2.27. The Bertz CT molecular complexity index is 1190. The van der Waals surface area contributed by atoms with Gasteiger partial charge in [-0.1, -0.05) is 0 Å². The quantitative estimate of drug-likeness (QED) is 0.449. The van der Waals surface area contributed by atoms with Crippen molar-refractivity contribution >= 4 is 17.0 Å². The minimum Gasteiger partial charge on any atom is -0.434 e. The van der Waals surface area contributed by atoms with E-state index in [9.17, 15) is 27.9 Å². The number of H-pyrrole nitrogens is 1. The highest BCUT2D eigenvalue weighted by Crippen LogP contribution is 2.30. The fourth-order valence-electron chi connectivity index (χ4n) is 3.04. The SMILES string of the molecule is Cc1cc(F)c(OC(=O)c2ccc3[nH]c(=O)n(C(C)C(C)(C)O)c3c2)cc1OC(F)F. The van der Waals surface area contributed by atoms with Crippen molar-refractivity contribution in [2.24, 2.45) is 0 Å². The summed E-state index contributed by atoms with van der Waals surface area (Å²) in [6.07, 6.45) is 0. The largest absolute Gasteiger partial charge is 0.434 e. The topological polar surface area (TPSA) is 93.6 Å². The molecule has 2 N–H and O–H groups in total. The van der Waals surface area contributed by atoms with Gasteiger partial charge in [-0.3, -0.25) is 4.57 Å². The maximum absolute atomic E-state index is 14.2. The van der Waals surface area contributed by atoms with Crippen LogP contribution in [0.1, 0.15) is 42.7 Å². The van der Waals surface area contributed by atoms with Crippen molar-refractivity contribution in [3.8, 4) is 11.5 Å². The minimum atomic E-state index is -3.13. The molecule has 0 amide bonds. The Kier molecular flexibility index (Phi) is 5.86. The van der Waals surface area contributed by atoms with Crippen LogP contribution in [0.2, 0.25) is 0 Å². The lowest BCUT2D eigenvalue weighted by atomic mass is 10.0. The van der Waals surface area contributed by atoms with Crippen LogP contribution in [0.4, 0.5) is 13.2 Å². The number of halogens is 3. The van der Waals surface area contributed by atoms with Gasteiger partial charge in [0.25, 0.3) is 0 Å². The molecule has 1 atom stereocenters. The van der Waals surface area contributed by atoms with Crippen LogP contribution in [-0.4, -0.2) is 32.8 Å². The number of hydrogen-bond donors (Lipinski definition) is 2. The number of nitrogens with zero attached hydrogens (tertiary/aromatic N) is 1. The molecule has 0 aliphatic heterocycles. The van der Waals surface area contributed by atoms with Crippen LogP contribution >= 0.6 is 0 Å². The Morgan fingerprint density at radius 3 is 2.48 bits per heavy atom. The van der Waals surface area contributed by atoms with Crippen LogP contribution in [0.15, 0.2) is 35.1 Å². The summed E-state index contributed by atoms with van der Waals surface area (Å²) in [4.78, 5) is 27.6. The zero-order valence-electron chi connectivity index (χ0n) is 17.2. The van der Waals surface area contributed by atoms with Gasteiger partial charge in [0, 0.05) is 6.07 Å². The van der Waals surface area contributed by atoms with Gasteiger partial charge in [0.2, 0.25) is 0 Å². The standard InChI is InChI=1S/C21H21F3N2O5/c1-10-7-13(22)17(9-16(10)31-19(23)24)30-18(27)12-5-6-14-15(8-12)26(20(28)25-14)11(2)21(3,4)29/h5-9,11,19,29H,1-4H3,(H,25,28). The smallest absolute Gasteiger partial charge is 0.387 e. The number of fused-ring (bicyclic) bond motifs is 1. The number of aryl methyl sites for hydroxylation is 1. The lowest BCUT2D eigenvalue weighted by Gasteiger charge is -2.26. The van der Waals surface area contributed by atoms with Crippen LogP contribution < -0.4 is 15.2 Å². The number of alkyl halides is 2. The van der Waals surface area contributed by atoms with Crippen molar-refractivity contribution in [2.75, 3.05) is 0 Å².